The van der Waals surface area contributed by atoms with Crippen molar-refractivity contribution in [2.24, 2.45) is 0 Å². The number of nitrogens with one attached hydrogen (secondary N) is 2. The van der Waals surface area contributed by atoms with E-state index in [4.69, 9.17) is 0 Å². The van der Waals surface area contributed by atoms with E-state index in [0.717, 1.165) is 5.56 Å². The van der Waals surface area contributed by atoms with Gasteiger partial charge in [-0.3, -0.25) is 5.10 Å². The van der Waals surface area contributed by atoms with Crippen LogP contribution in [-0.2, 0) is 5.60 Å². The molecule has 0 fully saturated rings. The lowest BCUT2D eigenvalue weighted by molar-refractivity contribution is 0.0692. The minimum Gasteiger partial charge on any atom is -0.382 e. The predicted octanol–water partition coefficient (Wildman–Crippen LogP) is 4.02. The van der Waals surface area contributed by atoms with E-state index in [1.165, 1.54) is 18.2 Å². The molecule has 0 saturated carbocycles. The Morgan fingerprint density at radius 1 is 1.04 bits per heavy atom. The van der Waals surface area contributed by atoms with E-state index in [-0.39, 0.29) is 23.0 Å². The van der Waals surface area contributed by atoms with E-state index in [0.29, 0.717) is 16.6 Å². The normalized spacial score (nSPS) is 12.3. The number of halogens is 2. The van der Waals surface area contributed by atoms with Crippen LogP contribution < -0.4 is 0 Å². The summed E-state index contributed by atoms with van der Waals surface area (Å²) in [7, 11) is 0. The summed E-state index contributed by atoms with van der Waals surface area (Å²) in [5, 5.41) is 25.6. The van der Waals surface area contributed by atoms with Gasteiger partial charge in [0.25, 0.3) is 0 Å². The monoisotopic (exact) mass is 381 g/mol. The van der Waals surface area contributed by atoms with Crippen molar-refractivity contribution >= 4 is 23.1 Å². The zero-order valence-corrected chi connectivity index (χ0v) is 15.2. The fraction of sp³-hybridized carbons (Fsp3) is 0.150. The maximum Gasteiger partial charge on any atom is 0.164 e. The second-order valence-electron chi connectivity index (χ2n) is 6.95. The number of fused-ring (bicyclic) bond motifs is 1. The van der Waals surface area contributed by atoms with Crippen molar-refractivity contribution in [2.45, 2.75) is 19.4 Å². The minimum atomic E-state index is -1.22. The molecule has 4 rings (SSSR count). The van der Waals surface area contributed by atoms with Gasteiger partial charge in [-0.25, -0.2) is 8.78 Å². The minimum absolute atomic E-state index is 0.214. The number of aromatic amines is 2. The molecule has 4 aromatic rings. The van der Waals surface area contributed by atoms with E-state index in [1.54, 1.807) is 44.2 Å². The number of aromatic nitrogens is 5. The van der Waals surface area contributed by atoms with Gasteiger partial charge < -0.3 is 10.1 Å². The second kappa shape index (κ2) is 6.65. The summed E-state index contributed by atoms with van der Waals surface area (Å²) in [5.41, 5.74) is 0.938. The molecule has 0 atom stereocenters. The first-order valence-electron chi connectivity index (χ1n) is 8.58. The highest BCUT2D eigenvalue weighted by Crippen LogP contribution is 2.28. The van der Waals surface area contributed by atoms with Crippen molar-refractivity contribution in [2.75, 3.05) is 0 Å². The van der Waals surface area contributed by atoms with Gasteiger partial charge in [0.15, 0.2) is 11.6 Å². The molecule has 0 aliphatic heterocycles. The lowest BCUT2D eigenvalue weighted by atomic mass is 10.1. The summed E-state index contributed by atoms with van der Waals surface area (Å²) in [5.74, 6) is -0.347. The summed E-state index contributed by atoms with van der Waals surface area (Å²) in [6.07, 6.45) is 3.55. The molecular weight excluding hydrogens is 364 g/mol. The van der Waals surface area contributed by atoms with Gasteiger partial charge in [0, 0.05) is 11.5 Å². The smallest absolute Gasteiger partial charge is 0.164 e. The zero-order valence-electron chi connectivity index (χ0n) is 15.2. The molecule has 0 radical (unpaired) electrons. The van der Waals surface area contributed by atoms with E-state index >= 15 is 0 Å². The zero-order chi connectivity index (χ0) is 19.9. The summed E-state index contributed by atoms with van der Waals surface area (Å²) < 4.78 is 27.6. The molecule has 0 spiro atoms. The molecule has 0 amide bonds. The lowest BCUT2D eigenvalue weighted by Crippen LogP contribution is -2.17. The van der Waals surface area contributed by atoms with Gasteiger partial charge in [-0.05, 0) is 43.7 Å². The maximum atomic E-state index is 14.6. The third kappa shape index (κ3) is 3.41. The number of nitrogens with zero attached hydrogens (tertiary/aromatic N) is 3. The predicted molar refractivity (Wildman–Crippen MR) is 102 cm³/mol. The molecule has 0 aliphatic carbocycles. The van der Waals surface area contributed by atoms with Gasteiger partial charge >= 0.3 is 0 Å². The Kier molecular flexibility index (Phi) is 4.27. The van der Waals surface area contributed by atoms with E-state index in [2.05, 4.69) is 25.4 Å². The fourth-order valence-electron chi connectivity index (χ4n) is 2.77. The number of H-pyrrole nitrogens is 2. The standard InChI is InChI=1S/C20H17F2N5O/c1-20(2,28)19-23-18(26-27-19)13-9-14-16(24-25-17(14)10-15(13)22)8-5-11-3-6-12(21)7-4-11/h3-10,28H,1-2H3,(H,24,25)(H,23,26,27)/b8-5+. The van der Waals surface area contributed by atoms with Crippen molar-refractivity contribution < 1.29 is 13.9 Å². The SMILES string of the molecule is CC(C)(O)c1nnc(-c2cc3c(/C=C/c4ccc(F)cc4)n[nH]c3cc2F)[nH]1. The quantitative estimate of drug-likeness (QED) is 0.498. The van der Waals surface area contributed by atoms with Crippen molar-refractivity contribution in [3.63, 3.8) is 0 Å². The van der Waals surface area contributed by atoms with Crippen LogP contribution in [0.4, 0.5) is 8.78 Å². The molecular formula is C20H17F2N5O. The molecule has 28 heavy (non-hydrogen) atoms. The summed E-state index contributed by atoms with van der Waals surface area (Å²) in [6, 6.07) is 9.00. The van der Waals surface area contributed by atoms with Crippen LogP contribution in [0.25, 0.3) is 34.4 Å². The molecule has 2 aromatic carbocycles. The number of rotatable bonds is 4. The van der Waals surface area contributed by atoms with E-state index in [1.807, 2.05) is 0 Å². The molecule has 0 bridgehead atoms. The Bertz CT molecular complexity index is 1170. The first-order valence-corrected chi connectivity index (χ1v) is 8.58. The van der Waals surface area contributed by atoms with Crippen LogP contribution in [0, 0.1) is 11.6 Å². The second-order valence-corrected chi connectivity index (χ2v) is 6.95. The number of aliphatic hydroxyl groups is 1. The van der Waals surface area contributed by atoms with E-state index < -0.39 is 11.4 Å². The Morgan fingerprint density at radius 2 is 1.79 bits per heavy atom. The Labute approximate surface area is 159 Å². The molecule has 3 N–H and O–H groups in total. The summed E-state index contributed by atoms with van der Waals surface area (Å²) in [6.45, 7) is 3.12. The van der Waals surface area contributed by atoms with Gasteiger partial charge in [0.1, 0.15) is 17.2 Å². The van der Waals surface area contributed by atoms with Crippen LogP contribution >= 0.6 is 0 Å². The Balaban J connectivity index is 1.74. The number of benzene rings is 2. The van der Waals surface area contributed by atoms with Gasteiger partial charge in [-0.15, -0.1) is 10.2 Å². The number of hydrogen-bond donors (Lipinski definition) is 3. The van der Waals surface area contributed by atoms with Gasteiger partial charge in [0.2, 0.25) is 0 Å². The Hall–Kier alpha value is -3.39. The largest absolute Gasteiger partial charge is 0.382 e. The van der Waals surface area contributed by atoms with Crippen molar-refractivity contribution in [1.82, 2.24) is 25.4 Å². The van der Waals surface area contributed by atoms with Crippen molar-refractivity contribution in [3.05, 3.63) is 65.1 Å². The van der Waals surface area contributed by atoms with Crippen molar-refractivity contribution in [1.29, 1.82) is 0 Å². The molecule has 0 unspecified atom stereocenters. The van der Waals surface area contributed by atoms with Crippen LogP contribution in [0.15, 0.2) is 36.4 Å². The molecule has 6 nitrogen and oxygen atoms in total. The van der Waals surface area contributed by atoms with E-state index in [9.17, 15) is 13.9 Å². The van der Waals surface area contributed by atoms with Gasteiger partial charge in [0.05, 0.1) is 16.8 Å². The first kappa shape index (κ1) is 18.0. The van der Waals surface area contributed by atoms with Crippen LogP contribution in [0.2, 0.25) is 0 Å². The molecule has 0 saturated heterocycles. The number of hydrogen-bond acceptors (Lipinski definition) is 4. The average molecular weight is 381 g/mol. The first-order chi connectivity index (χ1) is 13.3. The molecule has 2 aromatic heterocycles. The Morgan fingerprint density at radius 3 is 2.46 bits per heavy atom. The summed E-state index contributed by atoms with van der Waals surface area (Å²) in [4.78, 5) is 2.85. The molecule has 0 aliphatic rings. The third-order valence-corrected chi connectivity index (χ3v) is 4.31. The average Bonchev–Trinajstić information content (AvgIpc) is 3.27. The highest BCUT2D eigenvalue weighted by molar-refractivity contribution is 5.92. The van der Waals surface area contributed by atoms with Crippen LogP contribution in [-0.4, -0.2) is 30.5 Å². The van der Waals surface area contributed by atoms with Gasteiger partial charge in [-0.1, -0.05) is 18.2 Å². The van der Waals surface area contributed by atoms with Crippen LogP contribution in [0.3, 0.4) is 0 Å². The van der Waals surface area contributed by atoms with Crippen molar-refractivity contribution in [3.8, 4) is 11.4 Å². The fourth-order valence-corrected chi connectivity index (χ4v) is 2.77. The van der Waals surface area contributed by atoms with Gasteiger partial charge in [-0.2, -0.15) is 5.10 Å². The molecule has 8 heteroatoms. The summed E-state index contributed by atoms with van der Waals surface area (Å²) >= 11 is 0. The molecule has 142 valence electrons. The third-order valence-electron chi connectivity index (χ3n) is 4.31. The van der Waals surface area contributed by atoms with Crippen LogP contribution in [0.1, 0.15) is 30.9 Å². The van der Waals surface area contributed by atoms with Crippen LogP contribution in [0.5, 0.6) is 0 Å². The maximum absolute atomic E-state index is 14.6. The topological polar surface area (TPSA) is 90.5 Å². The molecule has 2 heterocycles. The lowest BCUT2D eigenvalue weighted by Gasteiger charge is -2.11. The highest BCUT2D eigenvalue weighted by atomic mass is 19.1. The highest BCUT2D eigenvalue weighted by Gasteiger charge is 2.22.